The summed E-state index contributed by atoms with van der Waals surface area (Å²) in [6.45, 7) is 2.93. The topological polar surface area (TPSA) is 655 Å². The summed E-state index contributed by atoms with van der Waals surface area (Å²) in [6.07, 6.45) is -0.337. The number of benzene rings is 3. The number of nitrogens with one attached hydrogen (secondary N) is 6. The quantitative estimate of drug-likeness (QED) is 0.0170. The van der Waals surface area contributed by atoms with Crippen LogP contribution in [0.15, 0.2) is 72.8 Å². The second-order valence-electron chi connectivity index (χ2n) is 34.2. The average molecular weight is 2290 g/mol. The number of fused-ring (bicyclic) bond motifs is 5. The van der Waals surface area contributed by atoms with Gasteiger partial charge < -0.3 is 106 Å². The Morgan fingerprint density at radius 1 is 0.415 bits per heavy atom. The summed E-state index contributed by atoms with van der Waals surface area (Å²) in [4.78, 5) is 232. The van der Waals surface area contributed by atoms with Crippen molar-refractivity contribution in [2.24, 2.45) is 11.8 Å². The van der Waals surface area contributed by atoms with E-state index in [0.717, 1.165) is 26.7 Å². The number of aromatic nitrogens is 3. The molecule has 0 aliphatic carbocycles. The Hall–Kier alpha value is -10.0. The summed E-state index contributed by atoms with van der Waals surface area (Å²) in [5, 5.41) is 102. The molecule has 6 atom stereocenters. The number of aryl methyl sites for hydroxylation is 2. The summed E-state index contributed by atoms with van der Waals surface area (Å²) in [6, 6.07) is 18.6. The van der Waals surface area contributed by atoms with Gasteiger partial charge in [0.1, 0.15) is 35.4 Å². The van der Waals surface area contributed by atoms with Crippen molar-refractivity contribution in [3.8, 4) is 22.5 Å². The molecule has 7 amide bonds. The fourth-order valence-electron chi connectivity index (χ4n) is 15.5. The standard InChI is InChI=1S/C93H134IN14O32P.Lu/c94-68-27-24-64(25-28-68)14-10-23-77(111)95-36-9-7-20-75(93(132)133)100-89(125)73(30-32-78(112)96-35-8-1-2-16-70(110)56-65(90(126)127)26-31-79(113)99-74(92(130)131)21-12-48-140-141(134,135)63-67(91(128)129)57-83(117)118)98-80(114)34-49-137-51-53-139-55-54-138-52-50-136-47-11-17-69(109)29-33-82(116)107-58-66-15-3-4-18-71(66)88-87(72-19-5-6-22-76(72)107)101-102-108(88)38-13-37-97-81(115)59-103-39-41-104(60-84(119)120)43-45-106(62-86(123)124)46-44-105(42-40-103)61-85(121)122;/h3-6,15,18-19,22,24-25,27-28,65,67,73-75H,1-2,7-14,16-17,20-21,23,26,29-63H2,(H,95,111)(H,96,112)(H,97,115)(H,98,114)(H,99,113)(H,100,125)(H,117,118)(H,119,120)(H,121,122)(H,123,124)(H,126,127)(H,128,129)(H,130,131)(H,132,133)(H,134,135);/t65-,67?,73?,74+,75?;/m1./s1. The van der Waals surface area contributed by atoms with E-state index in [2.05, 4.69) is 64.8 Å². The zero-order valence-electron chi connectivity index (χ0n) is 79.5. The van der Waals surface area contributed by atoms with Crippen LogP contribution in [-0.4, -0.2) is 363 Å². The van der Waals surface area contributed by atoms with Crippen LogP contribution in [0.25, 0.3) is 22.5 Å². The van der Waals surface area contributed by atoms with Crippen molar-refractivity contribution in [2.75, 3.05) is 169 Å². The molecule has 795 valence electrons. The van der Waals surface area contributed by atoms with Gasteiger partial charge in [-0.15, -0.1) is 5.10 Å². The van der Waals surface area contributed by atoms with Crippen LogP contribution < -0.4 is 36.8 Å². The Balaban J connectivity index is 0.0000355. The van der Waals surface area contributed by atoms with Gasteiger partial charge in [0.15, 0.2) is 0 Å². The first-order valence-electron chi connectivity index (χ1n) is 47.3. The number of nitrogens with zero attached hydrogens (tertiary/aromatic N) is 8. The summed E-state index contributed by atoms with van der Waals surface area (Å²) in [7, 11) is -4.62. The molecule has 142 heavy (non-hydrogen) atoms. The molecule has 2 aliphatic heterocycles. The van der Waals surface area contributed by atoms with Crippen molar-refractivity contribution in [3.63, 3.8) is 0 Å². The van der Waals surface area contributed by atoms with E-state index < -0.39 is 147 Å². The minimum absolute atomic E-state index is 0. The van der Waals surface area contributed by atoms with E-state index in [0.29, 0.717) is 80.6 Å². The van der Waals surface area contributed by atoms with E-state index in [1.54, 1.807) is 24.3 Å². The number of anilines is 1. The van der Waals surface area contributed by atoms with Gasteiger partial charge in [-0.05, 0) is 135 Å². The molecular weight excluding hydrogens is 2160 g/mol. The molecule has 6 rings (SSSR count). The number of unbranched alkanes of at least 4 members (excludes halogenated alkanes) is 3. The van der Waals surface area contributed by atoms with Crippen molar-refractivity contribution < 1.29 is 192 Å². The number of amides is 7. The first-order valence-corrected chi connectivity index (χ1v) is 50.1. The van der Waals surface area contributed by atoms with Gasteiger partial charge in [0.05, 0.1) is 121 Å². The second kappa shape index (κ2) is 68.3. The van der Waals surface area contributed by atoms with Crippen molar-refractivity contribution in [2.45, 2.75) is 185 Å². The predicted octanol–water partition coefficient (Wildman–Crippen LogP) is 3.62. The molecule has 49 heteroatoms. The fourth-order valence-corrected chi connectivity index (χ4v) is 17.2. The van der Waals surface area contributed by atoms with E-state index in [1.807, 2.05) is 77.7 Å². The van der Waals surface area contributed by atoms with Gasteiger partial charge in [-0.2, -0.15) is 0 Å². The maximum atomic E-state index is 14.3. The number of carbonyl (C=O) groups excluding carboxylic acids is 9. The number of aliphatic carboxylic acids is 8. The Morgan fingerprint density at radius 3 is 1.50 bits per heavy atom. The number of hydrogen-bond acceptors (Lipinski definition) is 29. The van der Waals surface area contributed by atoms with Gasteiger partial charge in [-0.1, -0.05) is 66.2 Å². The molecule has 3 aromatic carbocycles. The van der Waals surface area contributed by atoms with Gasteiger partial charge in [0.25, 0.3) is 0 Å². The summed E-state index contributed by atoms with van der Waals surface area (Å²) in [5.41, 5.74) is 5.19. The van der Waals surface area contributed by atoms with Crippen LogP contribution >= 0.6 is 30.2 Å². The number of carboxylic acid groups (broad SMARTS) is 8. The van der Waals surface area contributed by atoms with Crippen LogP contribution in [0.3, 0.4) is 0 Å². The molecule has 1 aromatic heterocycles. The number of carbonyl (C=O) groups is 17. The number of hydrogen-bond donors (Lipinski definition) is 15. The molecule has 1 saturated heterocycles. The van der Waals surface area contributed by atoms with E-state index in [4.69, 9.17) is 28.6 Å². The van der Waals surface area contributed by atoms with E-state index in [1.165, 1.54) is 0 Å². The molecule has 3 heterocycles. The number of Topliss-reactive ketones (excluding diaryl/α,β-unsaturated/α-hetero) is 2. The number of ketones is 2. The molecule has 46 nitrogen and oxygen atoms in total. The Bertz CT molecular complexity index is 4780. The zero-order valence-corrected chi connectivity index (χ0v) is 84.2. The van der Waals surface area contributed by atoms with Crippen molar-refractivity contribution in [1.82, 2.24) is 66.5 Å². The predicted molar refractivity (Wildman–Crippen MR) is 514 cm³/mol. The molecule has 2 aliphatic rings. The smallest absolute Gasteiger partial charge is 0.329 e. The van der Waals surface area contributed by atoms with Crippen LogP contribution in [0.4, 0.5) is 5.69 Å². The van der Waals surface area contributed by atoms with Gasteiger partial charge in [0.2, 0.25) is 41.4 Å². The van der Waals surface area contributed by atoms with Crippen LogP contribution in [0, 0.1) is 52.3 Å². The maximum Gasteiger partial charge on any atom is 0.329 e. The number of ether oxygens (including phenoxy) is 4. The van der Waals surface area contributed by atoms with Gasteiger partial charge in [-0.3, -0.25) is 96.1 Å². The number of para-hydroxylation sites is 1. The normalized spacial score (nSPS) is 14.7. The van der Waals surface area contributed by atoms with E-state index in [-0.39, 0.29) is 295 Å². The van der Waals surface area contributed by atoms with E-state index >= 15 is 0 Å². The summed E-state index contributed by atoms with van der Waals surface area (Å²) < 4.78 is 42.6. The maximum absolute atomic E-state index is 14.3. The third-order valence-corrected chi connectivity index (χ3v) is 25.2. The number of rotatable bonds is 71. The molecular formula is C93H134ILuN14O32P. The molecule has 1 fully saturated rings. The summed E-state index contributed by atoms with van der Waals surface area (Å²) >= 11 is 2.21. The van der Waals surface area contributed by atoms with Crippen LogP contribution in [0.5, 0.6) is 0 Å². The van der Waals surface area contributed by atoms with Gasteiger partial charge >= 0.3 is 55.4 Å². The summed E-state index contributed by atoms with van der Waals surface area (Å²) in [5.74, 6) is -17.8. The monoisotopic (exact) mass is 2290 g/mol. The molecule has 15 N–H and O–H groups in total. The number of carboxylic acids is 8. The second-order valence-corrected chi connectivity index (χ2v) is 37.4. The molecule has 4 unspecified atom stereocenters. The molecule has 0 bridgehead atoms. The minimum atomic E-state index is -4.62. The minimum Gasteiger partial charge on any atom is -0.481 e. The van der Waals surface area contributed by atoms with Crippen LogP contribution in [0.1, 0.15) is 159 Å². The molecule has 4 aromatic rings. The van der Waals surface area contributed by atoms with Gasteiger partial charge in [0, 0.05) is 195 Å². The van der Waals surface area contributed by atoms with Gasteiger partial charge in [-0.25, -0.2) is 14.3 Å². The third kappa shape index (κ3) is 50.5. The van der Waals surface area contributed by atoms with Crippen molar-refractivity contribution >= 4 is 137 Å². The Kier molecular flexibility index (Phi) is 58.9. The molecule has 1 radical (unpaired) electrons. The van der Waals surface area contributed by atoms with E-state index in [9.17, 15) is 127 Å². The molecule has 0 spiro atoms. The SMILES string of the molecule is O=C(O)CC(CP(=O)(O)OCCC[C@H](NC(=O)CC[C@H](CC(=O)CCCCCNC(=O)CCC(NC(=O)CCOCCOCCOCCOCCCC(=O)CCC(=O)N1Cc2ccccc2-c2c(nnn2CCCNC(=O)CN2CCN(CC(=O)O)CCN(CC(=O)O)CCN(CC(=O)O)CC2)-c2ccccc21)C(=O)NC(CCCCNC(=O)CCCc1ccc(I)cc1)C(=O)O)C(=O)O)C(=O)O)C(=O)O.[Lu]. The Morgan fingerprint density at radius 2 is 0.915 bits per heavy atom. The average Bonchev–Trinajstić information content (AvgIpc) is 1.56. The first-order chi connectivity index (χ1) is 67.4. The Labute approximate surface area is 865 Å². The van der Waals surface area contributed by atoms with Crippen molar-refractivity contribution in [1.29, 1.82) is 0 Å². The third-order valence-electron chi connectivity index (χ3n) is 23.0. The largest absolute Gasteiger partial charge is 0.481 e. The zero-order chi connectivity index (χ0) is 103. The number of halogens is 1. The fraction of sp³-hybridized carbons (Fsp3) is 0.602. The van der Waals surface area contributed by atoms with Crippen LogP contribution in [0.2, 0.25) is 0 Å². The van der Waals surface area contributed by atoms with Crippen LogP contribution in [-0.2, 0) is 129 Å². The molecule has 0 saturated carbocycles. The first kappa shape index (κ1) is 122. The van der Waals surface area contributed by atoms with Crippen molar-refractivity contribution in [3.05, 3.63) is 87.5 Å².